The molecule has 0 unspecified atom stereocenters. The van der Waals surface area contributed by atoms with Crippen molar-refractivity contribution in [1.29, 1.82) is 0 Å². The molecular formula is C13H28N2O. The molecule has 0 heterocycles. The van der Waals surface area contributed by atoms with Crippen molar-refractivity contribution in [3.8, 4) is 0 Å². The van der Waals surface area contributed by atoms with Crippen molar-refractivity contribution in [3.63, 3.8) is 0 Å². The van der Waals surface area contributed by atoms with Crippen LogP contribution in [0.25, 0.3) is 0 Å². The van der Waals surface area contributed by atoms with Gasteiger partial charge in [-0.15, -0.1) is 0 Å². The van der Waals surface area contributed by atoms with Crippen LogP contribution < -0.4 is 5.32 Å². The highest BCUT2D eigenvalue weighted by atomic mass is 16.2. The van der Waals surface area contributed by atoms with E-state index in [2.05, 4.69) is 44.8 Å². The summed E-state index contributed by atoms with van der Waals surface area (Å²) in [4.78, 5) is 13.9. The van der Waals surface area contributed by atoms with Gasteiger partial charge in [-0.05, 0) is 26.2 Å². The lowest BCUT2D eigenvalue weighted by Crippen LogP contribution is -2.42. The zero-order valence-corrected chi connectivity index (χ0v) is 11.5. The van der Waals surface area contributed by atoms with Crippen LogP contribution in [-0.4, -0.2) is 36.5 Å². The fourth-order valence-corrected chi connectivity index (χ4v) is 1.57. The van der Waals surface area contributed by atoms with E-state index in [-0.39, 0.29) is 5.91 Å². The molecule has 0 bridgehead atoms. The molecule has 0 rings (SSSR count). The van der Waals surface area contributed by atoms with Crippen LogP contribution in [0, 0.1) is 5.92 Å². The zero-order valence-electron chi connectivity index (χ0n) is 11.5. The third-order valence-electron chi connectivity index (χ3n) is 2.53. The third-order valence-corrected chi connectivity index (χ3v) is 2.53. The molecule has 0 aromatic carbocycles. The fourth-order valence-electron chi connectivity index (χ4n) is 1.57. The van der Waals surface area contributed by atoms with Gasteiger partial charge in [0.15, 0.2) is 0 Å². The Bertz CT molecular complexity index is 190. The van der Waals surface area contributed by atoms with Crippen molar-refractivity contribution < 1.29 is 4.79 Å². The first-order valence-electron chi connectivity index (χ1n) is 6.48. The van der Waals surface area contributed by atoms with Crippen LogP contribution in [0.5, 0.6) is 0 Å². The molecule has 96 valence electrons. The summed E-state index contributed by atoms with van der Waals surface area (Å²) in [5.41, 5.74) is 0. The first-order valence-corrected chi connectivity index (χ1v) is 6.48. The second kappa shape index (κ2) is 8.57. The van der Waals surface area contributed by atoms with E-state index in [1.807, 2.05) is 0 Å². The van der Waals surface area contributed by atoms with Gasteiger partial charge in [-0.2, -0.15) is 0 Å². The van der Waals surface area contributed by atoms with Crippen LogP contribution in [0.4, 0.5) is 0 Å². The maximum atomic E-state index is 11.7. The number of carbonyl (C=O) groups excluding carboxylic acids is 1. The Kier molecular flexibility index (Phi) is 8.26. The molecule has 0 aromatic heterocycles. The third kappa shape index (κ3) is 7.69. The van der Waals surface area contributed by atoms with Gasteiger partial charge in [-0.25, -0.2) is 0 Å². The van der Waals surface area contributed by atoms with Gasteiger partial charge in [-0.3, -0.25) is 9.69 Å². The van der Waals surface area contributed by atoms with Crippen LogP contribution in [-0.2, 0) is 4.79 Å². The number of hydrogen-bond donors (Lipinski definition) is 1. The number of nitrogens with one attached hydrogen (secondary N) is 1. The summed E-state index contributed by atoms with van der Waals surface area (Å²) >= 11 is 0. The Morgan fingerprint density at radius 2 is 1.88 bits per heavy atom. The van der Waals surface area contributed by atoms with Gasteiger partial charge in [-0.1, -0.05) is 27.2 Å². The van der Waals surface area contributed by atoms with E-state index in [9.17, 15) is 4.79 Å². The molecular weight excluding hydrogens is 200 g/mol. The number of nitrogens with zero attached hydrogens (tertiary/aromatic N) is 1. The number of carbonyl (C=O) groups is 1. The molecule has 1 amide bonds. The van der Waals surface area contributed by atoms with Gasteiger partial charge in [0, 0.05) is 19.1 Å². The summed E-state index contributed by atoms with van der Waals surface area (Å²) < 4.78 is 0. The first kappa shape index (κ1) is 15.4. The number of rotatable bonds is 8. The Balaban J connectivity index is 3.93. The van der Waals surface area contributed by atoms with E-state index in [4.69, 9.17) is 0 Å². The molecule has 0 aliphatic rings. The summed E-state index contributed by atoms with van der Waals surface area (Å²) in [5.74, 6) is 0.758. The highest BCUT2D eigenvalue weighted by Crippen LogP contribution is 2.03. The number of hydrogen-bond acceptors (Lipinski definition) is 2. The Morgan fingerprint density at radius 3 is 2.31 bits per heavy atom. The normalized spacial score (nSPS) is 11.5. The fraction of sp³-hybridized carbons (Fsp3) is 0.923. The van der Waals surface area contributed by atoms with Crippen molar-refractivity contribution in [2.45, 2.75) is 53.5 Å². The molecule has 0 aromatic rings. The maximum absolute atomic E-state index is 11.7. The van der Waals surface area contributed by atoms with Crippen molar-refractivity contribution in [2.75, 3.05) is 19.6 Å². The first-order chi connectivity index (χ1) is 7.47. The zero-order chi connectivity index (χ0) is 12.6. The summed E-state index contributed by atoms with van der Waals surface area (Å²) in [6.07, 6.45) is 2.19. The summed E-state index contributed by atoms with van der Waals surface area (Å²) in [6, 6.07) is 0.430. The smallest absolute Gasteiger partial charge is 0.234 e. The second-order valence-corrected chi connectivity index (χ2v) is 5.12. The van der Waals surface area contributed by atoms with Crippen molar-refractivity contribution in [2.24, 2.45) is 5.92 Å². The summed E-state index contributed by atoms with van der Waals surface area (Å²) in [7, 11) is 0. The van der Waals surface area contributed by atoms with Gasteiger partial charge in [0.2, 0.25) is 5.91 Å². The lowest BCUT2D eigenvalue weighted by atomic mass is 10.2. The van der Waals surface area contributed by atoms with Crippen LogP contribution in [0.1, 0.15) is 47.5 Å². The van der Waals surface area contributed by atoms with Gasteiger partial charge in [0.1, 0.15) is 0 Å². The molecule has 16 heavy (non-hydrogen) atoms. The molecule has 0 aliphatic carbocycles. The van der Waals surface area contributed by atoms with E-state index in [0.717, 1.165) is 25.9 Å². The molecule has 0 atom stereocenters. The lowest BCUT2D eigenvalue weighted by Gasteiger charge is -2.27. The largest absolute Gasteiger partial charge is 0.355 e. The maximum Gasteiger partial charge on any atom is 0.234 e. The quantitative estimate of drug-likeness (QED) is 0.646. The van der Waals surface area contributed by atoms with Gasteiger partial charge < -0.3 is 5.32 Å². The standard InChI is InChI=1S/C13H28N2O/c1-6-7-8-14-13(16)10-15(12(4)5)9-11(2)3/h11-12H,6-10H2,1-5H3,(H,14,16). The minimum absolute atomic E-state index is 0.155. The molecule has 0 spiro atoms. The van der Waals surface area contributed by atoms with Crippen molar-refractivity contribution >= 4 is 5.91 Å². The topological polar surface area (TPSA) is 32.3 Å². The summed E-state index contributed by atoms with van der Waals surface area (Å²) in [6.45, 7) is 13.1. The molecule has 3 nitrogen and oxygen atoms in total. The Labute approximate surface area is 101 Å². The van der Waals surface area contributed by atoms with E-state index in [1.165, 1.54) is 0 Å². The van der Waals surface area contributed by atoms with E-state index >= 15 is 0 Å². The molecule has 0 fully saturated rings. The molecule has 3 heteroatoms. The van der Waals surface area contributed by atoms with E-state index in [1.54, 1.807) is 0 Å². The predicted octanol–water partition coefficient (Wildman–Crippen LogP) is 2.27. The Morgan fingerprint density at radius 1 is 1.25 bits per heavy atom. The molecule has 1 N–H and O–H groups in total. The van der Waals surface area contributed by atoms with Crippen LogP contribution >= 0.6 is 0 Å². The predicted molar refractivity (Wildman–Crippen MR) is 69.5 cm³/mol. The molecule has 0 aliphatic heterocycles. The van der Waals surface area contributed by atoms with Crippen molar-refractivity contribution in [3.05, 3.63) is 0 Å². The van der Waals surface area contributed by atoms with E-state index in [0.29, 0.717) is 18.5 Å². The summed E-state index contributed by atoms with van der Waals surface area (Å²) in [5, 5.41) is 2.96. The minimum atomic E-state index is 0.155. The monoisotopic (exact) mass is 228 g/mol. The average Bonchev–Trinajstić information content (AvgIpc) is 2.16. The van der Waals surface area contributed by atoms with Gasteiger partial charge in [0.05, 0.1) is 6.54 Å². The second-order valence-electron chi connectivity index (χ2n) is 5.12. The lowest BCUT2D eigenvalue weighted by molar-refractivity contribution is -0.122. The highest BCUT2D eigenvalue weighted by Gasteiger charge is 2.14. The highest BCUT2D eigenvalue weighted by molar-refractivity contribution is 5.78. The average molecular weight is 228 g/mol. The minimum Gasteiger partial charge on any atom is -0.355 e. The molecule has 0 radical (unpaired) electrons. The SMILES string of the molecule is CCCCNC(=O)CN(CC(C)C)C(C)C. The number of amides is 1. The van der Waals surface area contributed by atoms with E-state index < -0.39 is 0 Å². The van der Waals surface area contributed by atoms with Gasteiger partial charge >= 0.3 is 0 Å². The molecule has 0 saturated heterocycles. The van der Waals surface area contributed by atoms with Crippen LogP contribution in [0.2, 0.25) is 0 Å². The molecule has 0 saturated carbocycles. The Hall–Kier alpha value is -0.570. The van der Waals surface area contributed by atoms with Gasteiger partial charge in [0.25, 0.3) is 0 Å². The van der Waals surface area contributed by atoms with Crippen LogP contribution in [0.15, 0.2) is 0 Å². The van der Waals surface area contributed by atoms with Crippen LogP contribution in [0.3, 0.4) is 0 Å². The van der Waals surface area contributed by atoms with Crippen molar-refractivity contribution in [1.82, 2.24) is 10.2 Å². The number of unbranched alkanes of at least 4 members (excludes halogenated alkanes) is 1.